The van der Waals surface area contributed by atoms with Gasteiger partial charge in [0.1, 0.15) is 5.70 Å². The maximum absolute atomic E-state index is 10.5. The molecule has 0 saturated carbocycles. The second-order valence-corrected chi connectivity index (χ2v) is 3.88. The van der Waals surface area contributed by atoms with E-state index in [9.17, 15) is 9.90 Å². The van der Waals surface area contributed by atoms with Crippen LogP contribution in [0.5, 0.6) is 0 Å². The van der Waals surface area contributed by atoms with E-state index in [0.29, 0.717) is 5.70 Å². The molecule has 1 unspecified atom stereocenters. The number of halogens is 1. The van der Waals surface area contributed by atoms with E-state index in [2.05, 4.69) is 20.2 Å². The molecular weight excluding hydrogens is 317 g/mol. The summed E-state index contributed by atoms with van der Waals surface area (Å²) < 4.78 is 4.68. The Bertz CT molecular complexity index is 453. The third kappa shape index (κ3) is 1.55. The minimum absolute atomic E-state index is 0.0169. The molecule has 1 aliphatic carbocycles. The molecule has 2 rings (SSSR count). The molecule has 0 aromatic rings. The van der Waals surface area contributed by atoms with Gasteiger partial charge in [-0.05, 0) is 40.0 Å². The van der Waals surface area contributed by atoms with Crippen LogP contribution in [0.2, 0.25) is 0 Å². The van der Waals surface area contributed by atoms with E-state index in [1.807, 2.05) is 0 Å². The van der Waals surface area contributed by atoms with Crippen LogP contribution in [0.3, 0.4) is 0 Å². The summed E-state index contributed by atoms with van der Waals surface area (Å²) in [5.41, 5.74) is 0.274. The van der Waals surface area contributed by atoms with E-state index in [4.69, 9.17) is 5.11 Å². The minimum atomic E-state index is -2.10. The highest BCUT2D eigenvalue weighted by Gasteiger charge is 2.46. The van der Waals surface area contributed by atoms with Gasteiger partial charge in [0.15, 0.2) is 5.71 Å². The highest BCUT2D eigenvalue weighted by Crippen LogP contribution is 2.35. The Balaban J connectivity index is 2.44. The Morgan fingerprint density at radius 1 is 1.53 bits per heavy atom. The molecule has 1 heterocycles. The first-order valence-corrected chi connectivity index (χ1v) is 4.84. The van der Waals surface area contributed by atoms with Crippen molar-refractivity contribution in [3.8, 4) is 0 Å². The fourth-order valence-electron chi connectivity index (χ4n) is 1.17. The van der Waals surface area contributed by atoms with Crippen LogP contribution in [-0.4, -0.2) is 27.9 Å². The molecule has 1 atom stereocenters. The lowest BCUT2D eigenvalue weighted by molar-refractivity contribution is -0.0849. The molecule has 0 bridgehead atoms. The van der Waals surface area contributed by atoms with Gasteiger partial charge in [-0.2, -0.15) is 0 Å². The number of aliphatic hydroxyl groups is 1. The third-order valence-corrected chi connectivity index (χ3v) is 2.90. The Morgan fingerprint density at radius 2 is 2.27 bits per heavy atom. The Morgan fingerprint density at radius 3 is 2.93 bits per heavy atom. The first-order valence-electron chi connectivity index (χ1n) is 3.76. The van der Waals surface area contributed by atoms with Crippen molar-refractivity contribution in [1.29, 1.82) is 0 Å². The van der Waals surface area contributed by atoms with E-state index in [-0.39, 0.29) is 9.29 Å². The number of allylic oxidation sites excluding steroid dienone is 2. The van der Waals surface area contributed by atoms with Gasteiger partial charge in [-0.3, -0.25) is 0 Å². The number of carboxylic acid groups (broad SMARTS) is 1. The molecule has 8 heteroatoms. The monoisotopic (exact) mass is 321 g/mol. The summed E-state index contributed by atoms with van der Waals surface area (Å²) in [6.07, 6.45) is 1.45. The van der Waals surface area contributed by atoms with Crippen molar-refractivity contribution in [2.24, 2.45) is 15.4 Å². The van der Waals surface area contributed by atoms with Crippen LogP contribution in [0, 0.1) is 0 Å². The predicted octanol–water partition coefficient (Wildman–Crippen LogP) is 1.41. The molecule has 0 radical (unpaired) electrons. The number of rotatable bonds is 1. The second-order valence-electron chi connectivity index (χ2n) is 2.72. The molecule has 1 aliphatic heterocycles. The maximum Gasteiger partial charge on any atom is 0.508 e. The van der Waals surface area contributed by atoms with Gasteiger partial charge in [0, 0.05) is 0 Å². The van der Waals surface area contributed by atoms with Crippen LogP contribution in [-0.2, 0) is 4.74 Å². The first kappa shape index (κ1) is 10.2. The minimum Gasteiger partial charge on any atom is -0.450 e. The van der Waals surface area contributed by atoms with Gasteiger partial charge < -0.3 is 14.9 Å². The maximum atomic E-state index is 10.5. The number of fused-ring (bicyclic) bond motifs is 1. The lowest BCUT2D eigenvalue weighted by atomic mass is 10.0. The second kappa shape index (κ2) is 3.38. The molecule has 0 aromatic heterocycles. The van der Waals surface area contributed by atoms with Gasteiger partial charge in [-0.25, -0.2) is 4.79 Å². The van der Waals surface area contributed by atoms with Crippen molar-refractivity contribution in [3.05, 3.63) is 21.4 Å². The molecule has 2 N–H and O–H groups in total. The molecule has 0 saturated heterocycles. The average molecular weight is 321 g/mol. The predicted molar refractivity (Wildman–Crippen MR) is 56.5 cm³/mol. The van der Waals surface area contributed by atoms with Gasteiger partial charge in [0.25, 0.3) is 5.79 Å². The van der Waals surface area contributed by atoms with Crippen molar-refractivity contribution >= 4 is 34.5 Å². The molecule has 7 nitrogen and oxygen atoms in total. The lowest BCUT2D eigenvalue weighted by Gasteiger charge is -2.27. The van der Waals surface area contributed by atoms with Crippen molar-refractivity contribution in [2.45, 2.75) is 5.79 Å². The molecule has 15 heavy (non-hydrogen) atoms. The van der Waals surface area contributed by atoms with E-state index in [1.54, 1.807) is 28.7 Å². The molecule has 78 valence electrons. The van der Waals surface area contributed by atoms with Crippen LogP contribution in [0.4, 0.5) is 4.79 Å². The normalized spacial score (nSPS) is 27.7. The van der Waals surface area contributed by atoms with E-state index < -0.39 is 11.9 Å². The molecule has 0 fully saturated rings. The summed E-state index contributed by atoms with van der Waals surface area (Å²) in [6.45, 7) is 0. The van der Waals surface area contributed by atoms with Crippen LogP contribution >= 0.6 is 22.6 Å². The number of ether oxygens (including phenoxy) is 1. The molecule has 0 amide bonds. The van der Waals surface area contributed by atoms with Crippen molar-refractivity contribution < 1.29 is 19.7 Å². The zero-order chi connectivity index (χ0) is 11.1. The van der Waals surface area contributed by atoms with Crippen LogP contribution < -0.4 is 0 Å². The van der Waals surface area contributed by atoms with Crippen LogP contribution in [0.1, 0.15) is 0 Å². The van der Waals surface area contributed by atoms with E-state index in [1.165, 1.54) is 6.08 Å². The zero-order valence-electron chi connectivity index (χ0n) is 7.09. The van der Waals surface area contributed by atoms with Crippen LogP contribution in [0.25, 0.3) is 0 Å². The molecule has 0 spiro atoms. The standard InChI is InChI=1S/C7H4IN3O4/c8-4-2-1-3-5(10-11-9-3)7(4,14)15-6(12)13/h1-2,14H,(H,12,13). The Kier molecular flexibility index (Phi) is 2.31. The van der Waals surface area contributed by atoms with Gasteiger partial charge in [-0.15, -0.1) is 10.2 Å². The largest absolute Gasteiger partial charge is 0.508 e. The number of carbonyl (C=O) groups is 1. The Labute approximate surface area is 97.0 Å². The third-order valence-electron chi connectivity index (χ3n) is 1.81. The SMILES string of the molecule is O=C(O)OC1(O)C(I)=CC=C2N=NN=C21. The van der Waals surface area contributed by atoms with E-state index in [0.717, 1.165) is 0 Å². The number of hydrogen-bond donors (Lipinski definition) is 2. The number of hydrogen-bond acceptors (Lipinski definition) is 6. The zero-order valence-corrected chi connectivity index (χ0v) is 9.24. The van der Waals surface area contributed by atoms with Gasteiger partial charge in [-0.1, -0.05) is 0 Å². The summed E-state index contributed by atoms with van der Waals surface area (Å²) in [6, 6.07) is 0. The van der Waals surface area contributed by atoms with Crippen molar-refractivity contribution in [2.75, 3.05) is 0 Å². The molecular formula is C7H4IN3O4. The Hall–Kier alpha value is -1.29. The molecule has 0 aromatic carbocycles. The van der Waals surface area contributed by atoms with Crippen LogP contribution in [0.15, 0.2) is 36.9 Å². The fourth-order valence-corrected chi connectivity index (χ4v) is 1.71. The molecule has 2 aliphatic rings. The summed E-state index contributed by atoms with van der Waals surface area (Å²) in [5, 5.41) is 29.0. The highest BCUT2D eigenvalue weighted by molar-refractivity contribution is 14.1. The van der Waals surface area contributed by atoms with Gasteiger partial charge in [0.05, 0.1) is 3.58 Å². The van der Waals surface area contributed by atoms with Gasteiger partial charge >= 0.3 is 6.16 Å². The first-order chi connectivity index (χ1) is 7.04. The summed E-state index contributed by atoms with van der Waals surface area (Å²) in [4.78, 5) is 10.5. The summed E-state index contributed by atoms with van der Waals surface area (Å²) in [7, 11) is 0. The number of nitrogens with zero attached hydrogens (tertiary/aromatic N) is 3. The fraction of sp³-hybridized carbons (Fsp3) is 0.143. The van der Waals surface area contributed by atoms with Crippen molar-refractivity contribution in [3.63, 3.8) is 0 Å². The summed E-state index contributed by atoms with van der Waals surface area (Å²) >= 11 is 1.76. The van der Waals surface area contributed by atoms with E-state index >= 15 is 0 Å². The quantitative estimate of drug-likeness (QED) is 0.433. The van der Waals surface area contributed by atoms with Crippen molar-refractivity contribution in [1.82, 2.24) is 0 Å². The smallest absolute Gasteiger partial charge is 0.450 e. The topological polar surface area (TPSA) is 104 Å². The highest BCUT2D eigenvalue weighted by atomic mass is 127. The average Bonchev–Trinajstić information content (AvgIpc) is 2.59. The lowest BCUT2D eigenvalue weighted by Crippen LogP contribution is -2.44. The summed E-state index contributed by atoms with van der Waals surface area (Å²) in [5.74, 6) is -2.10. The van der Waals surface area contributed by atoms with Gasteiger partial charge in [0.2, 0.25) is 0 Å².